The molecule has 0 fully saturated rings. The zero-order valence-electron chi connectivity index (χ0n) is 13.7. The Morgan fingerprint density at radius 3 is 2.05 bits per heavy atom. The lowest BCUT2D eigenvalue weighted by molar-refractivity contribution is -0.355. The van der Waals surface area contributed by atoms with Gasteiger partial charge in [-0.25, -0.2) is 0 Å². The van der Waals surface area contributed by atoms with Crippen molar-refractivity contribution in [2.75, 3.05) is 21.3 Å². The van der Waals surface area contributed by atoms with Crippen molar-refractivity contribution in [3.8, 4) is 0 Å². The van der Waals surface area contributed by atoms with Gasteiger partial charge in [0.1, 0.15) is 6.29 Å². The highest BCUT2D eigenvalue weighted by molar-refractivity contribution is 5.49. The van der Waals surface area contributed by atoms with Crippen LogP contribution in [-0.2, 0) is 19.0 Å². The van der Waals surface area contributed by atoms with Crippen LogP contribution in [0, 0.1) is 5.92 Å². The molecule has 0 heterocycles. The van der Waals surface area contributed by atoms with Crippen molar-refractivity contribution >= 4 is 6.29 Å². The molecular weight excluding hydrogens is 256 g/mol. The van der Waals surface area contributed by atoms with Gasteiger partial charge in [-0.1, -0.05) is 39.0 Å². The third-order valence-corrected chi connectivity index (χ3v) is 3.94. The number of rotatable bonds is 14. The topological polar surface area (TPSA) is 44.8 Å². The normalized spacial score (nSPS) is 13.4. The van der Waals surface area contributed by atoms with Gasteiger partial charge in [-0.05, 0) is 18.8 Å². The van der Waals surface area contributed by atoms with Crippen molar-refractivity contribution in [1.29, 1.82) is 0 Å². The fraction of sp³-hybridized carbons (Fsp3) is 0.938. The monoisotopic (exact) mass is 288 g/mol. The Hall–Kier alpha value is -0.450. The van der Waals surface area contributed by atoms with Gasteiger partial charge in [-0.2, -0.15) is 0 Å². The van der Waals surface area contributed by atoms with E-state index in [2.05, 4.69) is 6.92 Å². The molecule has 0 rings (SSSR count). The van der Waals surface area contributed by atoms with Crippen LogP contribution < -0.4 is 0 Å². The molecule has 0 aliphatic rings. The summed E-state index contributed by atoms with van der Waals surface area (Å²) >= 11 is 0. The molecule has 0 aliphatic heterocycles. The second-order valence-electron chi connectivity index (χ2n) is 5.29. The molecule has 120 valence electrons. The summed E-state index contributed by atoms with van der Waals surface area (Å²) in [6.07, 6.45) is 10.4. The molecular formula is C16H32O4. The van der Waals surface area contributed by atoms with Gasteiger partial charge in [0.05, 0.1) is 0 Å². The third-order valence-electron chi connectivity index (χ3n) is 3.94. The van der Waals surface area contributed by atoms with E-state index in [1.807, 2.05) is 0 Å². The summed E-state index contributed by atoms with van der Waals surface area (Å²) in [6, 6.07) is 0. The number of methoxy groups -OCH3 is 3. The molecule has 0 saturated heterocycles. The van der Waals surface area contributed by atoms with Crippen molar-refractivity contribution in [3.05, 3.63) is 0 Å². The van der Waals surface area contributed by atoms with E-state index in [0.29, 0.717) is 18.8 Å². The summed E-state index contributed by atoms with van der Waals surface area (Å²) in [4.78, 5) is 10.6. The first-order valence-electron chi connectivity index (χ1n) is 7.77. The zero-order chi connectivity index (χ0) is 15.3. The Morgan fingerprint density at radius 1 is 0.950 bits per heavy atom. The van der Waals surface area contributed by atoms with Crippen LogP contribution in [0.2, 0.25) is 0 Å². The quantitative estimate of drug-likeness (QED) is 0.276. The maximum Gasteiger partial charge on any atom is 0.282 e. The van der Waals surface area contributed by atoms with E-state index in [-0.39, 0.29) is 0 Å². The lowest BCUT2D eigenvalue weighted by atomic mass is 9.91. The van der Waals surface area contributed by atoms with Gasteiger partial charge in [-0.15, -0.1) is 0 Å². The number of hydrogen-bond acceptors (Lipinski definition) is 4. The molecule has 0 saturated carbocycles. The molecule has 0 aromatic carbocycles. The van der Waals surface area contributed by atoms with Gasteiger partial charge in [0.15, 0.2) is 0 Å². The maximum absolute atomic E-state index is 10.6. The first kappa shape index (κ1) is 19.6. The third kappa shape index (κ3) is 7.98. The molecule has 0 amide bonds. The van der Waals surface area contributed by atoms with Crippen LogP contribution in [0.15, 0.2) is 0 Å². The molecule has 0 aromatic heterocycles. The molecule has 0 aromatic rings. The van der Waals surface area contributed by atoms with Gasteiger partial charge in [0, 0.05) is 34.2 Å². The maximum atomic E-state index is 10.6. The molecule has 0 N–H and O–H groups in total. The van der Waals surface area contributed by atoms with Crippen molar-refractivity contribution in [2.45, 2.75) is 70.7 Å². The van der Waals surface area contributed by atoms with Crippen molar-refractivity contribution < 1.29 is 19.0 Å². The Labute approximate surface area is 124 Å². The van der Waals surface area contributed by atoms with Crippen LogP contribution in [0.3, 0.4) is 0 Å². The molecule has 0 bridgehead atoms. The number of hydrogen-bond donors (Lipinski definition) is 0. The molecule has 20 heavy (non-hydrogen) atoms. The Kier molecular flexibility index (Phi) is 12.0. The highest BCUT2D eigenvalue weighted by Gasteiger charge is 2.29. The fourth-order valence-electron chi connectivity index (χ4n) is 2.58. The van der Waals surface area contributed by atoms with Crippen molar-refractivity contribution in [2.24, 2.45) is 5.92 Å². The Bertz CT molecular complexity index is 218. The fourth-order valence-corrected chi connectivity index (χ4v) is 2.58. The predicted octanol–water partition coefficient (Wildman–Crippen LogP) is 3.93. The minimum Gasteiger partial charge on any atom is -0.331 e. The highest BCUT2D eigenvalue weighted by Crippen LogP contribution is 2.26. The summed E-state index contributed by atoms with van der Waals surface area (Å²) < 4.78 is 15.9. The highest BCUT2D eigenvalue weighted by atomic mass is 16.9. The lowest BCUT2D eigenvalue weighted by Crippen LogP contribution is -2.35. The summed E-state index contributed by atoms with van der Waals surface area (Å²) in [7, 11) is 4.79. The second kappa shape index (κ2) is 12.3. The summed E-state index contributed by atoms with van der Waals surface area (Å²) in [5.41, 5.74) is 0. The predicted molar refractivity (Wildman–Crippen MR) is 80.5 cm³/mol. The van der Waals surface area contributed by atoms with E-state index < -0.39 is 5.97 Å². The van der Waals surface area contributed by atoms with Crippen LogP contribution >= 0.6 is 0 Å². The van der Waals surface area contributed by atoms with Crippen molar-refractivity contribution in [1.82, 2.24) is 0 Å². The van der Waals surface area contributed by atoms with Gasteiger partial charge in [0.2, 0.25) is 0 Å². The van der Waals surface area contributed by atoms with Crippen molar-refractivity contribution in [3.63, 3.8) is 0 Å². The van der Waals surface area contributed by atoms with E-state index in [1.54, 1.807) is 21.3 Å². The minimum absolute atomic E-state index is 0.620. The van der Waals surface area contributed by atoms with E-state index >= 15 is 0 Å². The molecule has 0 radical (unpaired) electrons. The molecule has 1 unspecified atom stereocenters. The summed E-state index contributed by atoms with van der Waals surface area (Å²) in [6.45, 7) is 2.21. The minimum atomic E-state index is -0.918. The van der Waals surface area contributed by atoms with Gasteiger partial charge in [-0.3, -0.25) is 0 Å². The zero-order valence-corrected chi connectivity index (χ0v) is 13.7. The molecule has 0 spiro atoms. The molecule has 0 aliphatic carbocycles. The molecule has 1 atom stereocenters. The Balaban J connectivity index is 4.12. The standard InChI is InChI=1S/C16H32O4/c1-5-6-7-10-15(12-9-14-17)11-8-13-16(18-2,19-3)20-4/h14-15H,5-13H2,1-4H3. The number of carbonyl (C=O) groups excluding carboxylic acids is 1. The number of ether oxygens (including phenoxy) is 3. The van der Waals surface area contributed by atoms with E-state index in [9.17, 15) is 4.79 Å². The number of aldehydes is 1. The van der Waals surface area contributed by atoms with Crippen LogP contribution in [-0.4, -0.2) is 33.6 Å². The van der Waals surface area contributed by atoms with Crippen LogP contribution in [0.4, 0.5) is 0 Å². The average molecular weight is 288 g/mol. The van der Waals surface area contributed by atoms with Gasteiger partial charge < -0.3 is 19.0 Å². The first-order valence-corrected chi connectivity index (χ1v) is 7.77. The summed E-state index contributed by atoms with van der Waals surface area (Å²) in [5, 5.41) is 0. The van der Waals surface area contributed by atoms with E-state index in [0.717, 1.165) is 25.5 Å². The second-order valence-corrected chi connectivity index (χ2v) is 5.29. The summed E-state index contributed by atoms with van der Waals surface area (Å²) in [5.74, 6) is -0.298. The van der Waals surface area contributed by atoms with Crippen LogP contribution in [0.25, 0.3) is 0 Å². The smallest absolute Gasteiger partial charge is 0.282 e. The van der Waals surface area contributed by atoms with E-state index in [4.69, 9.17) is 14.2 Å². The number of unbranched alkanes of at least 4 members (excludes halogenated alkanes) is 2. The average Bonchev–Trinajstić information content (AvgIpc) is 2.49. The van der Waals surface area contributed by atoms with Crippen LogP contribution in [0.1, 0.15) is 64.7 Å². The Morgan fingerprint density at radius 2 is 1.55 bits per heavy atom. The molecule has 4 nitrogen and oxygen atoms in total. The SMILES string of the molecule is CCCCCC(CCC=O)CCCC(OC)(OC)OC. The first-order chi connectivity index (χ1) is 9.67. The lowest BCUT2D eigenvalue weighted by Gasteiger charge is -2.29. The van der Waals surface area contributed by atoms with E-state index in [1.165, 1.54) is 25.7 Å². The molecule has 4 heteroatoms. The largest absolute Gasteiger partial charge is 0.331 e. The number of carbonyl (C=O) groups is 1. The van der Waals surface area contributed by atoms with Gasteiger partial charge in [0.25, 0.3) is 5.97 Å². The van der Waals surface area contributed by atoms with Crippen LogP contribution in [0.5, 0.6) is 0 Å². The van der Waals surface area contributed by atoms with Gasteiger partial charge >= 0.3 is 0 Å².